The molecule has 1 unspecified atom stereocenters. The number of amides is 1. The molecule has 246 valence electrons. The number of nitrogens with zero attached hydrogens (tertiary/aromatic N) is 5. The summed E-state index contributed by atoms with van der Waals surface area (Å²) in [4.78, 5) is 37.5. The summed E-state index contributed by atoms with van der Waals surface area (Å²) >= 11 is 0. The van der Waals surface area contributed by atoms with Crippen LogP contribution in [0.1, 0.15) is 31.7 Å². The van der Waals surface area contributed by atoms with Crippen molar-refractivity contribution in [3.63, 3.8) is 0 Å². The average Bonchev–Trinajstić information content (AvgIpc) is 3.62. The van der Waals surface area contributed by atoms with Crippen LogP contribution in [0, 0.1) is 12.8 Å². The fourth-order valence-electron chi connectivity index (χ4n) is 4.70. The van der Waals surface area contributed by atoms with Crippen molar-refractivity contribution in [2.45, 2.75) is 39.2 Å². The predicted octanol–water partition coefficient (Wildman–Crippen LogP) is 3.22. The minimum atomic E-state index is 0.0182. The van der Waals surface area contributed by atoms with E-state index in [4.69, 9.17) is 20.5 Å². The Balaban J connectivity index is 0.000000248. The number of aromatic amines is 1. The van der Waals surface area contributed by atoms with Gasteiger partial charge < -0.3 is 41.8 Å². The highest BCUT2D eigenvalue weighted by Gasteiger charge is 2.24. The summed E-state index contributed by atoms with van der Waals surface area (Å²) in [6, 6.07) is 6.12. The van der Waals surface area contributed by atoms with Crippen molar-refractivity contribution < 1.29 is 19.5 Å². The number of aliphatic imine (C=N–C) groups is 1. The number of nitrogens with two attached hydrogens (primary N) is 2. The first-order valence-corrected chi connectivity index (χ1v) is 15.0. The van der Waals surface area contributed by atoms with Gasteiger partial charge in [0.1, 0.15) is 18.2 Å². The lowest BCUT2D eigenvalue weighted by Crippen LogP contribution is -2.26. The number of primary amides is 1. The summed E-state index contributed by atoms with van der Waals surface area (Å²) in [6.45, 7) is 5.92. The van der Waals surface area contributed by atoms with E-state index in [2.05, 4.69) is 47.5 Å². The van der Waals surface area contributed by atoms with Gasteiger partial charge in [0.25, 0.3) is 5.95 Å². The van der Waals surface area contributed by atoms with Crippen molar-refractivity contribution in [2.75, 3.05) is 39.0 Å². The number of benzene rings is 1. The van der Waals surface area contributed by atoms with Crippen LogP contribution in [0.3, 0.4) is 0 Å². The molecular weight excluding hydrogens is 588 g/mol. The molecule has 2 fully saturated rings. The lowest BCUT2D eigenvalue weighted by atomic mass is 10.1. The third-order valence-corrected chi connectivity index (χ3v) is 7.27. The second kappa shape index (κ2) is 17.9. The molecule has 3 aromatic rings. The van der Waals surface area contributed by atoms with Gasteiger partial charge in [-0.15, -0.1) is 0 Å². The van der Waals surface area contributed by atoms with Crippen LogP contribution in [0.25, 0.3) is 22.2 Å². The van der Waals surface area contributed by atoms with Crippen LogP contribution in [0.15, 0.2) is 64.7 Å². The van der Waals surface area contributed by atoms with Crippen molar-refractivity contribution >= 4 is 47.0 Å². The van der Waals surface area contributed by atoms with Gasteiger partial charge >= 0.3 is 0 Å². The molecule has 0 spiro atoms. The molecule has 14 heteroatoms. The maximum absolute atomic E-state index is 10.4. The van der Waals surface area contributed by atoms with Gasteiger partial charge in [0.05, 0.1) is 23.4 Å². The second-order valence-corrected chi connectivity index (χ2v) is 10.7. The van der Waals surface area contributed by atoms with Crippen LogP contribution >= 0.6 is 0 Å². The number of aldehydes is 1. The summed E-state index contributed by atoms with van der Waals surface area (Å²) in [5, 5.41) is 19.3. The van der Waals surface area contributed by atoms with Crippen LogP contribution in [-0.2, 0) is 14.3 Å². The number of hydrogen-bond donors (Lipinski definition) is 6. The van der Waals surface area contributed by atoms with E-state index in [1.165, 1.54) is 12.8 Å². The first kappa shape index (κ1) is 35.2. The van der Waals surface area contributed by atoms with E-state index in [0.29, 0.717) is 24.2 Å². The van der Waals surface area contributed by atoms with Crippen LogP contribution in [-0.4, -0.2) is 89.3 Å². The highest BCUT2D eigenvalue weighted by atomic mass is 16.5. The summed E-state index contributed by atoms with van der Waals surface area (Å²) < 4.78 is 5.57. The molecule has 1 aliphatic heterocycles. The number of aryl methyl sites for hydroxylation is 1. The molecule has 1 amide bonds. The van der Waals surface area contributed by atoms with Crippen molar-refractivity contribution in [1.29, 1.82) is 0 Å². The number of carbonyl (C=O) groups excluding carboxylic acids is 2. The van der Waals surface area contributed by atoms with E-state index in [1.807, 2.05) is 57.2 Å². The smallest absolute Gasteiger partial charge is 0.251 e. The zero-order valence-electron chi connectivity index (χ0n) is 26.7. The number of hydrogen-bond acceptors (Lipinski definition) is 11. The standard InChI is InChI=1S/C19H23N7.C12H18N2O3.CH3NO/c1-11-9-24-19(25-16(20)8-12(2)21-3)26-17(11)14-10-23-18-13(14)6-5-7-15(18)22-4;15-8-7-14-6-5-11(9-14)17-12(13-16)4-3-10-1-2-10;2-1-3/h5-10,21-23H,1-4H3,(H2,20,24,25,26);3-4,8,10-11,16H,1-2,5-7,9H2;1H,(H2,2,3)/b12-8-;4-3+,13-12+;. The number of para-hydroxylation sites is 1. The molecule has 0 bridgehead atoms. The quantitative estimate of drug-likeness (QED) is 0.0632. The van der Waals surface area contributed by atoms with Crippen molar-refractivity contribution in [1.82, 2.24) is 25.2 Å². The number of H-pyrrole nitrogens is 1. The lowest BCUT2D eigenvalue weighted by molar-refractivity contribution is -0.109. The summed E-state index contributed by atoms with van der Waals surface area (Å²) in [5.74, 6) is 1.59. The topological polar surface area (TPSA) is 209 Å². The zero-order valence-corrected chi connectivity index (χ0v) is 26.7. The highest BCUT2D eigenvalue weighted by molar-refractivity contribution is 6.01. The van der Waals surface area contributed by atoms with Gasteiger partial charge in [0, 0.05) is 56.2 Å². The SMILES string of the molecule is CN/C(C)=C\C(N)=N/c1ncc(C)c(-c2c[nH]c3c(NC)cccc23)n1.NC=O.O=CCN1CCC(OC(/C=C/C2CC2)=N/O)C1. The zero-order chi connectivity index (χ0) is 33.5. The largest absolute Gasteiger partial charge is 0.471 e. The van der Waals surface area contributed by atoms with Gasteiger partial charge in [-0.2, -0.15) is 4.99 Å². The number of rotatable bonds is 10. The Kier molecular flexibility index (Phi) is 13.7. The average molecular weight is 633 g/mol. The maximum Gasteiger partial charge on any atom is 0.251 e. The molecule has 0 radical (unpaired) electrons. The van der Waals surface area contributed by atoms with E-state index in [1.54, 1.807) is 18.3 Å². The van der Waals surface area contributed by atoms with E-state index in [0.717, 1.165) is 64.9 Å². The Bertz CT molecular complexity index is 1580. The monoisotopic (exact) mass is 632 g/mol. The molecule has 1 saturated heterocycles. The van der Waals surface area contributed by atoms with E-state index in [-0.39, 0.29) is 18.4 Å². The first-order chi connectivity index (χ1) is 22.3. The lowest BCUT2D eigenvalue weighted by Gasteiger charge is -2.13. The molecule has 3 heterocycles. The van der Waals surface area contributed by atoms with E-state index >= 15 is 0 Å². The number of carbonyl (C=O) groups is 2. The van der Waals surface area contributed by atoms with Crippen LogP contribution < -0.4 is 22.1 Å². The molecular formula is C32H44N10O4. The number of amidine groups is 1. The molecule has 1 aliphatic carbocycles. The number of likely N-dealkylation sites (tertiary alicyclic amines) is 1. The number of fused-ring (bicyclic) bond motifs is 1. The Morgan fingerprint density at radius 1 is 1.26 bits per heavy atom. The third-order valence-electron chi connectivity index (χ3n) is 7.27. The number of ether oxygens (including phenoxy) is 1. The van der Waals surface area contributed by atoms with Crippen LogP contribution in [0.5, 0.6) is 0 Å². The van der Waals surface area contributed by atoms with Gasteiger partial charge in [-0.1, -0.05) is 18.2 Å². The summed E-state index contributed by atoms with van der Waals surface area (Å²) in [6.07, 6.45) is 13.7. The molecule has 2 aromatic heterocycles. The normalized spacial score (nSPS) is 17.1. The number of oxime groups is 1. The Morgan fingerprint density at radius 3 is 2.67 bits per heavy atom. The minimum Gasteiger partial charge on any atom is -0.471 e. The predicted molar refractivity (Wildman–Crippen MR) is 181 cm³/mol. The number of anilines is 1. The minimum absolute atomic E-state index is 0.0182. The molecule has 1 atom stereocenters. The Labute approximate surface area is 268 Å². The van der Waals surface area contributed by atoms with E-state index < -0.39 is 0 Å². The fourth-order valence-corrected chi connectivity index (χ4v) is 4.70. The van der Waals surface area contributed by atoms with Crippen molar-refractivity contribution in [3.8, 4) is 11.3 Å². The Morgan fingerprint density at radius 2 is 2.02 bits per heavy atom. The third kappa shape index (κ3) is 10.4. The number of allylic oxidation sites excluding steroid dienone is 2. The highest BCUT2D eigenvalue weighted by Crippen LogP contribution is 2.33. The summed E-state index contributed by atoms with van der Waals surface area (Å²) in [7, 11) is 3.73. The molecule has 8 N–H and O–H groups in total. The molecule has 1 saturated carbocycles. The van der Waals surface area contributed by atoms with Gasteiger partial charge in [-0.3, -0.25) is 9.69 Å². The van der Waals surface area contributed by atoms with Gasteiger partial charge in [0.15, 0.2) is 0 Å². The molecule has 5 rings (SSSR count). The summed E-state index contributed by atoms with van der Waals surface area (Å²) in [5.41, 5.74) is 15.9. The molecule has 1 aromatic carbocycles. The fraction of sp³-hybridized carbons (Fsp3) is 0.375. The van der Waals surface area contributed by atoms with Crippen LogP contribution in [0.2, 0.25) is 0 Å². The van der Waals surface area contributed by atoms with Gasteiger partial charge in [-0.25, -0.2) is 9.97 Å². The van der Waals surface area contributed by atoms with Gasteiger partial charge in [-0.05, 0) is 68.0 Å². The van der Waals surface area contributed by atoms with E-state index in [9.17, 15) is 4.79 Å². The maximum atomic E-state index is 10.4. The second-order valence-electron chi connectivity index (χ2n) is 10.7. The van der Waals surface area contributed by atoms with Gasteiger partial charge in [0.2, 0.25) is 12.3 Å². The Hall–Kier alpha value is -5.24. The molecule has 46 heavy (non-hydrogen) atoms. The molecule has 2 aliphatic rings. The number of aromatic nitrogens is 3. The number of nitrogens with one attached hydrogen (secondary N) is 3. The van der Waals surface area contributed by atoms with Crippen molar-refractivity contribution in [3.05, 3.63) is 60.1 Å². The van der Waals surface area contributed by atoms with Crippen molar-refractivity contribution in [2.24, 2.45) is 27.5 Å². The first-order valence-electron chi connectivity index (χ1n) is 15.0. The molecule has 14 nitrogen and oxygen atoms in total. The van der Waals surface area contributed by atoms with Crippen LogP contribution in [0.4, 0.5) is 11.6 Å².